The molecule has 0 amide bonds. The van der Waals surface area contributed by atoms with Gasteiger partial charge in [-0.2, -0.15) is 0 Å². The lowest BCUT2D eigenvalue weighted by molar-refractivity contribution is -0.0536. The molecule has 0 bridgehead atoms. The molecule has 1 aromatic carbocycles. The molecular weight excluding hydrogens is 251 g/mol. The van der Waals surface area contributed by atoms with Gasteiger partial charge in [0.1, 0.15) is 12.0 Å². The van der Waals surface area contributed by atoms with Crippen molar-refractivity contribution in [3.05, 3.63) is 35.6 Å². The molecule has 0 saturated carbocycles. The first kappa shape index (κ1) is 11.9. The van der Waals surface area contributed by atoms with Crippen molar-refractivity contribution in [3.8, 4) is 0 Å². The van der Waals surface area contributed by atoms with E-state index in [4.69, 9.17) is 17.0 Å². The summed E-state index contributed by atoms with van der Waals surface area (Å²) >= 11 is 5.20. The van der Waals surface area contributed by atoms with Gasteiger partial charge in [0.2, 0.25) is 0 Å². The highest BCUT2D eigenvalue weighted by Gasteiger charge is 2.38. The number of nitrogens with one attached hydrogen (secondary N) is 2. The standard InChI is InChI=1S/C13H15FN2OS/c14-9-5-3-8(4-6-9)11-10-2-1-7-17-12(10)16-13(18)15-11/h3-6,10-12H,1-2,7H2,(H2,15,16,18)/t10-,11-,12-/m0/s1. The van der Waals surface area contributed by atoms with Crippen LogP contribution in [-0.2, 0) is 4.74 Å². The SMILES string of the molecule is Fc1ccc([C@@H]2NC(=S)N[C@H]3OCCC[C@H]32)cc1. The van der Waals surface area contributed by atoms with Crippen LogP contribution in [0.5, 0.6) is 0 Å². The molecule has 3 rings (SSSR count). The summed E-state index contributed by atoms with van der Waals surface area (Å²) in [4.78, 5) is 0. The molecule has 0 spiro atoms. The van der Waals surface area contributed by atoms with Gasteiger partial charge in [-0.05, 0) is 42.8 Å². The quantitative estimate of drug-likeness (QED) is 0.763. The predicted molar refractivity (Wildman–Crippen MR) is 70.5 cm³/mol. The topological polar surface area (TPSA) is 33.3 Å². The summed E-state index contributed by atoms with van der Waals surface area (Å²) in [7, 11) is 0. The van der Waals surface area contributed by atoms with Crippen molar-refractivity contribution >= 4 is 17.3 Å². The third-order valence-corrected chi connectivity index (χ3v) is 3.82. The fourth-order valence-electron chi connectivity index (χ4n) is 2.71. The molecule has 18 heavy (non-hydrogen) atoms. The Morgan fingerprint density at radius 2 is 2.00 bits per heavy atom. The Bertz CT molecular complexity index is 451. The van der Waals surface area contributed by atoms with E-state index >= 15 is 0 Å². The fourth-order valence-corrected chi connectivity index (χ4v) is 2.96. The summed E-state index contributed by atoms with van der Waals surface area (Å²) in [5.41, 5.74) is 1.06. The lowest BCUT2D eigenvalue weighted by Crippen LogP contribution is -2.58. The number of benzene rings is 1. The van der Waals surface area contributed by atoms with Crippen LogP contribution in [0, 0.1) is 11.7 Å². The second kappa shape index (κ2) is 4.82. The van der Waals surface area contributed by atoms with E-state index in [0.717, 1.165) is 25.0 Å². The van der Waals surface area contributed by atoms with Crippen LogP contribution >= 0.6 is 12.2 Å². The smallest absolute Gasteiger partial charge is 0.168 e. The maximum absolute atomic E-state index is 13.0. The number of thiocarbonyl (C=S) groups is 1. The highest BCUT2D eigenvalue weighted by Crippen LogP contribution is 2.34. The van der Waals surface area contributed by atoms with Crippen LogP contribution in [0.4, 0.5) is 4.39 Å². The van der Waals surface area contributed by atoms with E-state index in [2.05, 4.69) is 10.6 Å². The van der Waals surface area contributed by atoms with Gasteiger partial charge in [0.05, 0.1) is 6.04 Å². The Kier molecular flexibility index (Phi) is 3.18. The highest BCUT2D eigenvalue weighted by molar-refractivity contribution is 7.80. The minimum atomic E-state index is -0.216. The Labute approximate surface area is 111 Å². The Morgan fingerprint density at radius 1 is 1.22 bits per heavy atom. The Hall–Kier alpha value is -1.20. The van der Waals surface area contributed by atoms with Gasteiger partial charge in [-0.15, -0.1) is 0 Å². The summed E-state index contributed by atoms with van der Waals surface area (Å²) in [5, 5.41) is 7.03. The number of rotatable bonds is 1. The van der Waals surface area contributed by atoms with Crippen molar-refractivity contribution in [3.63, 3.8) is 0 Å². The average molecular weight is 266 g/mol. The number of ether oxygens (including phenoxy) is 1. The molecule has 2 aliphatic rings. The largest absolute Gasteiger partial charge is 0.358 e. The summed E-state index contributed by atoms with van der Waals surface area (Å²) in [6.45, 7) is 0.771. The lowest BCUT2D eigenvalue weighted by Gasteiger charge is -2.43. The first-order chi connectivity index (χ1) is 8.74. The van der Waals surface area contributed by atoms with Crippen molar-refractivity contribution in [2.75, 3.05) is 6.61 Å². The molecule has 3 atom stereocenters. The van der Waals surface area contributed by atoms with E-state index in [-0.39, 0.29) is 18.1 Å². The normalized spacial score (nSPS) is 31.2. The molecule has 0 radical (unpaired) electrons. The molecule has 5 heteroatoms. The second-order valence-corrected chi connectivity index (χ2v) is 5.15. The van der Waals surface area contributed by atoms with Crippen LogP contribution in [0.25, 0.3) is 0 Å². The lowest BCUT2D eigenvalue weighted by atomic mass is 9.85. The van der Waals surface area contributed by atoms with Gasteiger partial charge in [0.25, 0.3) is 0 Å². The molecule has 3 nitrogen and oxygen atoms in total. The van der Waals surface area contributed by atoms with Crippen molar-refractivity contribution in [1.29, 1.82) is 0 Å². The monoisotopic (exact) mass is 266 g/mol. The van der Waals surface area contributed by atoms with E-state index in [1.165, 1.54) is 12.1 Å². The van der Waals surface area contributed by atoms with Gasteiger partial charge in [-0.3, -0.25) is 0 Å². The van der Waals surface area contributed by atoms with Crippen LogP contribution in [-0.4, -0.2) is 17.9 Å². The molecule has 0 aliphatic carbocycles. The minimum absolute atomic E-state index is 0.0254. The van der Waals surface area contributed by atoms with Crippen LogP contribution in [0.2, 0.25) is 0 Å². The molecule has 2 fully saturated rings. The number of hydrogen-bond acceptors (Lipinski definition) is 2. The maximum Gasteiger partial charge on any atom is 0.168 e. The Balaban J connectivity index is 1.88. The van der Waals surface area contributed by atoms with Gasteiger partial charge in [0, 0.05) is 12.5 Å². The zero-order valence-electron chi connectivity index (χ0n) is 9.86. The van der Waals surface area contributed by atoms with E-state index in [1.54, 1.807) is 0 Å². The third-order valence-electron chi connectivity index (χ3n) is 3.59. The van der Waals surface area contributed by atoms with Crippen molar-refractivity contribution < 1.29 is 9.13 Å². The van der Waals surface area contributed by atoms with Crippen molar-refractivity contribution in [2.45, 2.75) is 25.1 Å². The zero-order chi connectivity index (χ0) is 12.5. The first-order valence-corrected chi connectivity index (χ1v) is 6.59. The molecule has 2 saturated heterocycles. The van der Waals surface area contributed by atoms with Gasteiger partial charge >= 0.3 is 0 Å². The van der Waals surface area contributed by atoms with Crippen LogP contribution in [0.1, 0.15) is 24.4 Å². The van der Waals surface area contributed by atoms with E-state index in [1.807, 2.05) is 12.1 Å². The van der Waals surface area contributed by atoms with Gasteiger partial charge in [-0.1, -0.05) is 12.1 Å². The summed E-state index contributed by atoms with van der Waals surface area (Å²) in [6, 6.07) is 6.70. The molecule has 96 valence electrons. The van der Waals surface area contributed by atoms with Crippen LogP contribution in [0.3, 0.4) is 0 Å². The number of fused-ring (bicyclic) bond motifs is 1. The second-order valence-electron chi connectivity index (χ2n) is 4.74. The van der Waals surface area contributed by atoms with Gasteiger partial charge in [0.15, 0.2) is 5.11 Å². The molecule has 2 heterocycles. The molecule has 2 aliphatic heterocycles. The van der Waals surface area contributed by atoms with Gasteiger partial charge in [-0.25, -0.2) is 4.39 Å². The first-order valence-electron chi connectivity index (χ1n) is 6.18. The maximum atomic E-state index is 13.0. The summed E-state index contributed by atoms with van der Waals surface area (Å²) in [6.07, 6.45) is 2.10. The zero-order valence-corrected chi connectivity index (χ0v) is 10.7. The number of halogens is 1. The molecule has 0 unspecified atom stereocenters. The molecule has 0 aromatic heterocycles. The molecule has 2 N–H and O–H groups in total. The van der Waals surface area contributed by atoms with E-state index in [9.17, 15) is 4.39 Å². The van der Waals surface area contributed by atoms with Crippen LogP contribution < -0.4 is 10.6 Å². The van der Waals surface area contributed by atoms with Crippen molar-refractivity contribution in [2.24, 2.45) is 5.92 Å². The predicted octanol–water partition coefficient (Wildman–Crippen LogP) is 2.10. The third kappa shape index (κ3) is 2.20. The molecular formula is C13H15FN2OS. The molecule has 1 aromatic rings. The summed E-state index contributed by atoms with van der Waals surface area (Å²) in [5.74, 6) is 0.114. The minimum Gasteiger partial charge on any atom is -0.358 e. The summed E-state index contributed by atoms with van der Waals surface area (Å²) < 4.78 is 18.7. The van der Waals surface area contributed by atoms with Gasteiger partial charge < -0.3 is 15.4 Å². The Morgan fingerprint density at radius 3 is 2.78 bits per heavy atom. The highest BCUT2D eigenvalue weighted by atomic mass is 32.1. The average Bonchev–Trinajstić information content (AvgIpc) is 2.38. The van der Waals surface area contributed by atoms with Crippen molar-refractivity contribution in [1.82, 2.24) is 10.6 Å². The van der Waals surface area contributed by atoms with E-state index in [0.29, 0.717) is 11.0 Å². The number of hydrogen-bond donors (Lipinski definition) is 2. The van der Waals surface area contributed by atoms with E-state index < -0.39 is 0 Å². The van der Waals surface area contributed by atoms with Crippen LogP contribution in [0.15, 0.2) is 24.3 Å². The fraction of sp³-hybridized carbons (Fsp3) is 0.462.